The van der Waals surface area contributed by atoms with Gasteiger partial charge in [0.2, 0.25) is 10.0 Å². The molecule has 0 aromatic heterocycles. The molecule has 7 heteroatoms. The van der Waals surface area contributed by atoms with Gasteiger partial charge in [0.25, 0.3) is 0 Å². The molecule has 100 valence electrons. The molecule has 18 heavy (non-hydrogen) atoms. The van der Waals surface area contributed by atoms with Gasteiger partial charge in [-0.3, -0.25) is 0 Å². The SMILES string of the molecule is CC[C@@H](C)NS(=O)(=O)c1ccc(F)c(C(=O)O)c1. The predicted octanol–water partition coefficient (Wildman–Crippen LogP) is 1.60. The number of halogens is 1. The molecule has 1 aromatic carbocycles. The first-order valence-electron chi connectivity index (χ1n) is 5.33. The third kappa shape index (κ3) is 3.27. The number of sulfonamides is 1. The molecule has 0 aliphatic heterocycles. The van der Waals surface area contributed by atoms with Gasteiger partial charge >= 0.3 is 5.97 Å². The van der Waals surface area contributed by atoms with Crippen molar-refractivity contribution < 1.29 is 22.7 Å². The van der Waals surface area contributed by atoms with Crippen LogP contribution in [0.5, 0.6) is 0 Å². The standard InChI is InChI=1S/C11H14FNO4S/c1-3-7(2)13-18(16,17)8-4-5-10(12)9(6-8)11(14)15/h4-7,13H,3H2,1-2H3,(H,14,15)/t7-/m1/s1. The van der Waals surface area contributed by atoms with Crippen molar-refractivity contribution in [2.45, 2.75) is 31.2 Å². The van der Waals surface area contributed by atoms with E-state index in [0.29, 0.717) is 6.42 Å². The maximum absolute atomic E-state index is 13.1. The lowest BCUT2D eigenvalue weighted by Gasteiger charge is -2.12. The number of carboxylic acid groups (broad SMARTS) is 1. The van der Waals surface area contributed by atoms with Crippen molar-refractivity contribution in [2.24, 2.45) is 0 Å². The highest BCUT2D eigenvalue weighted by atomic mass is 32.2. The quantitative estimate of drug-likeness (QED) is 0.855. The molecular weight excluding hydrogens is 261 g/mol. The van der Waals surface area contributed by atoms with Crippen molar-refractivity contribution in [3.05, 3.63) is 29.6 Å². The summed E-state index contributed by atoms with van der Waals surface area (Å²) in [6.07, 6.45) is 0.589. The highest BCUT2D eigenvalue weighted by Crippen LogP contribution is 2.15. The second-order valence-electron chi connectivity index (χ2n) is 3.88. The highest BCUT2D eigenvalue weighted by Gasteiger charge is 2.20. The van der Waals surface area contributed by atoms with Crippen LogP contribution in [0.25, 0.3) is 0 Å². The minimum Gasteiger partial charge on any atom is -0.478 e. The minimum atomic E-state index is -3.82. The zero-order chi connectivity index (χ0) is 13.9. The van der Waals surface area contributed by atoms with Crippen LogP contribution in [0.3, 0.4) is 0 Å². The van der Waals surface area contributed by atoms with Crippen LogP contribution in [-0.2, 0) is 10.0 Å². The molecule has 0 saturated carbocycles. The van der Waals surface area contributed by atoms with E-state index in [2.05, 4.69) is 4.72 Å². The molecule has 0 aliphatic rings. The Morgan fingerprint density at radius 3 is 2.61 bits per heavy atom. The lowest BCUT2D eigenvalue weighted by molar-refractivity contribution is 0.0691. The van der Waals surface area contributed by atoms with E-state index in [1.54, 1.807) is 13.8 Å². The third-order valence-corrected chi connectivity index (χ3v) is 4.03. The first kappa shape index (κ1) is 14.6. The van der Waals surface area contributed by atoms with Crippen LogP contribution in [0, 0.1) is 5.82 Å². The van der Waals surface area contributed by atoms with Crippen molar-refractivity contribution in [2.75, 3.05) is 0 Å². The Morgan fingerprint density at radius 1 is 1.50 bits per heavy atom. The molecule has 0 bridgehead atoms. The van der Waals surface area contributed by atoms with E-state index in [4.69, 9.17) is 5.11 Å². The van der Waals surface area contributed by atoms with Crippen LogP contribution in [0.2, 0.25) is 0 Å². The van der Waals surface area contributed by atoms with Gasteiger partial charge in [-0.1, -0.05) is 6.92 Å². The largest absolute Gasteiger partial charge is 0.478 e. The smallest absolute Gasteiger partial charge is 0.338 e. The fraction of sp³-hybridized carbons (Fsp3) is 0.364. The number of hydrogen-bond donors (Lipinski definition) is 2. The topological polar surface area (TPSA) is 83.5 Å². The van der Waals surface area contributed by atoms with Gasteiger partial charge in [-0.25, -0.2) is 22.3 Å². The second-order valence-corrected chi connectivity index (χ2v) is 5.59. The molecule has 1 rings (SSSR count). The van der Waals surface area contributed by atoms with Crippen molar-refractivity contribution >= 4 is 16.0 Å². The Kier molecular flexibility index (Phi) is 4.42. The van der Waals surface area contributed by atoms with E-state index in [1.165, 1.54) is 0 Å². The van der Waals surface area contributed by atoms with Crippen LogP contribution in [0.1, 0.15) is 30.6 Å². The predicted molar refractivity (Wildman–Crippen MR) is 63.4 cm³/mol. The zero-order valence-electron chi connectivity index (χ0n) is 9.97. The van der Waals surface area contributed by atoms with Crippen molar-refractivity contribution in [3.63, 3.8) is 0 Å². The maximum atomic E-state index is 13.1. The molecule has 0 heterocycles. The van der Waals surface area contributed by atoms with E-state index >= 15 is 0 Å². The van der Waals surface area contributed by atoms with Crippen LogP contribution < -0.4 is 4.72 Å². The van der Waals surface area contributed by atoms with Gasteiger partial charge in [0.05, 0.1) is 10.5 Å². The average molecular weight is 275 g/mol. The Bertz CT molecular complexity index is 556. The number of carboxylic acids is 1. The maximum Gasteiger partial charge on any atom is 0.338 e. The summed E-state index contributed by atoms with van der Waals surface area (Å²) in [6, 6.07) is 2.39. The van der Waals surface area contributed by atoms with Crippen molar-refractivity contribution in [3.8, 4) is 0 Å². The number of carbonyl (C=O) groups is 1. The molecule has 0 radical (unpaired) electrons. The van der Waals surface area contributed by atoms with Gasteiger partial charge in [-0.2, -0.15) is 0 Å². The Labute approximate surface area is 105 Å². The number of benzene rings is 1. The van der Waals surface area contributed by atoms with Crippen LogP contribution in [0.4, 0.5) is 4.39 Å². The molecular formula is C11H14FNO4S. The Hall–Kier alpha value is -1.47. The van der Waals surface area contributed by atoms with E-state index in [0.717, 1.165) is 18.2 Å². The zero-order valence-corrected chi connectivity index (χ0v) is 10.8. The summed E-state index contributed by atoms with van der Waals surface area (Å²) in [6.45, 7) is 3.49. The van der Waals surface area contributed by atoms with Crippen LogP contribution in [-0.4, -0.2) is 25.5 Å². The number of hydrogen-bond acceptors (Lipinski definition) is 3. The fourth-order valence-corrected chi connectivity index (χ4v) is 2.60. The summed E-state index contributed by atoms with van der Waals surface area (Å²) >= 11 is 0. The number of aromatic carboxylic acids is 1. The Balaban J connectivity index is 3.18. The van der Waals surface area contributed by atoms with Crippen molar-refractivity contribution in [1.29, 1.82) is 0 Å². The highest BCUT2D eigenvalue weighted by molar-refractivity contribution is 7.89. The van der Waals surface area contributed by atoms with E-state index in [-0.39, 0.29) is 10.9 Å². The van der Waals surface area contributed by atoms with Crippen LogP contribution in [0.15, 0.2) is 23.1 Å². The molecule has 0 spiro atoms. The summed E-state index contributed by atoms with van der Waals surface area (Å²) < 4.78 is 39.2. The van der Waals surface area contributed by atoms with Crippen LogP contribution >= 0.6 is 0 Å². The monoisotopic (exact) mass is 275 g/mol. The van der Waals surface area contributed by atoms with Gasteiger partial charge in [0.1, 0.15) is 5.82 Å². The molecule has 1 aromatic rings. The van der Waals surface area contributed by atoms with Gasteiger partial charge in [-0.15, -0.1) is 0 Å². The molecule has 0 amide bonds. The normalized spacial score (nSPS) is 13.3. The molecule has 0 unspecified atom stereocenters. The molecule has 0 saturated heterocycles. The molecule has 2 N–H and O–H groups in total. The summed E-state index contributed by atoms with van der Waals surface area (Å²) in [5.41, 5.74) is -0.665. The summed E-state index contributed by atoms with van der Waals surface area (Å²) in [4.78, 5) is 10.5. The van der Waals surface area contributed by atoms with E-state index < -0.39 is 27.4 Å². The second kappa shape index (κ2) is 5.45. The third-order valence-electron chi connectivity index (χ3n) is 2.45. The average Bonchev–Trinajstić information content (AvgIpc) is 2.28. The summed E-state index contributed by atoms with van der Waals surface area (Å²) in [7, 11) is -3.82. The minimum absolute atomic E-state index is 0.262. The molecule has 1 atom stereocenters. The summed E-state index contributed by atoms with van der Waals surface area (Å²) in [5, 5.41) is 8.73. The van der Waals surface area contributed by atoms with Gasteiger partial charge in [-0.05, 0) is 31.5 Å². The van der Waals surface area contributed by atoms with E-state index in [9.17, 15) is 17.6 Å². The fourth-order valence-electron chi connectivity index (χ4n) is 1.25. The van der Waals surface area contributed by atoms with Crippen molar-refractivity contribution in [1.82, 2.24) is 4.72 Å². The summed E-state index contributed by atoms with van der Waals surface area (Å²) in [5.74, 6) is -2.47. The molecule has 5 nitrogen and oxygen atoms in total. The lowest BCUT2D eigenvalue weighted by Crippen LogP contribution is -2.32. The van der Waals surface area contributed by atoms with Gasteiger partial charge < -0.3 is 5.11 Å². The first-order valence-corrected chi connectivity index (χ1v) is 6.81. The molecule has 0 fully saturated rings. The number of nitrogens with one attached hydrogen (secondary N) is 1. The Morgan fingerprint density at radius 2 is 2.11 bits per heavy atom. The van der Waals surface area contributed by atoms with Gasteiger partial charge in [0.15, 0.2) is 0 Å². The number of rotatable bonds is 5. The molecule has 0 aliphatic carbocycles. The van der Waals surface area contributed by atoms with Gasteiger partial charge in [0, 0.05) is 6.04 Å². The first-order chi connectivity index (χ1) is 8.27. The lowest BCUT2D eigenvalue weighted by atomic mass is 10.2. The van der Waals surface area contributed by atoms with E-state index in [1.807, 2.05) is 0 Å².